The van der Waals surface area contributed by atoms with E-state index in [1.165, 1.54) is 22.5 Å². The molecule has 2 heterocycles. The fourth-order valence-electron chi connectivity index (χ4n) is 3.76. The van der Waals surface area contributed by atoms with Crippen molar-refractivity contribution in [3.05, 3.63) is 111 Å². The van der Waals surface area contributed by atoms with Crippen LogP contribution in [0.15, 0.2) is 83.4 Å². The van der Waals surface area contributed by atoms with Crippen LogP contribution in [0.3, 0.4) is 0 Å². The van der Waals surface area contributed by atoms with Gasteiger partial charge in [0.15, 0.2) is 10.9 Å². The molecular weight excluding hydrogens is 468 g/mol. The highest BCUT2D eigenvalue weighted by Gasteiger charge is 2.22. The Morgan fingerprint density at radius 2 is 1.94 bits per heavy atom. The number of hydrogen-bond donors (Lipinski definition) is 1. The average molecular weight is 489 g/mol. The van der Waals surface area contributed by atoms with Crippen molar-refractivity contribution in [3.63, 3.8) is 0 Å². The van der Waals surface area contributed by atoms with Crippen LogP contribution < -0.4 is 10.1 Å². The minimum atomic E-state index is -0.364. The van der Waals surface area contributed by atoms with Gasteiger partial charge in [0.05, 0.1) is 0 Å². The molecule has 5 aromatic rings. The number of benzene rings is 3. The predicted molar refractivity (Wildman–Crippen MR) is 136 cm³/mol. The van der Waals surface area contributed by atoms with Crippen LogP contribution in [0.4, 0.5) is 5.13 Å². The maximum Gasteiger partial charge on any atom is 0.293 e. The molecule has 2 aromatic heterocycles. The lowest BCUT2D eigenvalue weighted by molar-refractivity contribution is 0.0995. The Balaban J connectivity index is 1.36. The van der Waals surface area contributed by atoms with E-state index < -0.39 is 0 Å². The Labute approximate surface area is 206 Å². The van der Waals surface area contributed by atoms with E-state index in [0.717, 1.165) is 16.7 Å². The number of rotatable bonds is 7. The number of aromatic nitrogens is 1. The van der Waals surface area contributed by atoms with Gasteiger partial charge < -0.3 is 9.15 Å². The second-order valence-corrected chi connectivity index (χ2v) is 9.46. The Hall–Kier alpha value is -3.61. The van der Waals surface area contributed by atoms with E-state index in [1.807, 2.05) is 42.5 Å². The second kappa shape index (κ2) is 9.71. The first-order chi connectivity index (χ1) is 16.5. The van der Waals surface area contributed by atoms with Gasteiger partial charge in [-0.2, -0.15) is 0 Å². The quantitative estimate of drug-likeness (QED) is 0.261. The summed E-state index contributed by atoms with van der Waals surface area (Å²) >= 11 is 7.52. The molecule has 0 saturated carbocycles. The second-order valence-electron chi connectivity index (χ2n) is 7.90. The molecule has 0 saturated heterocycles. The van der Waals surface area contributed by atoms with Crippen molar-refractivity contribution in [2.75, 3.05) is 5.32 Å². The number of carbonyl (C=O) groups excluding carboxylic acids is 1. The minimum absolute atomic E-state index is 0.163. The lowest BCUT2D eigenvalue weighted by atomic mass is 10.1. The van der Waals surface area contributed by atoms with Crippen LogP contribution in [0.25, 0.3) is 11.0 Å². The van der Waals surface area contributed by atoms with Crippen molar-refractivity contribution in [2.24, 2.45) is 0 Å². The average Bonchev–Trinajstić information content (AvgIpc) is 3.42. The first kappa shape index (κ1) is 22.2. The molecule has 0 atom stereocenters. The SMILES string of the molecule is Cc1cccc(Cc2cnc(NC(=O)c3oc4ccccc4c3COc3cccc(Cl)c3)s2)c1. The Kier molecular flexibility index (Phi) is 6.34. The number of anilines is 1. The summed E-state index contributed by atoms with van der Waals surface area (Å²) in [6, 6.07) is 23.0. The molecule has 1 N–H and O–H groups in total. The third-order valence-electron chi connectivity index (χ3n) is 5.32. The summed E-state index contributed by atoms with van der Waals surface area (Å²) in [7, 11) is 0. The van der Waals surface area contributed by atoms with Crippen molar-refractivity contribution in [1.29, 1.82) is 0 Å². The van der Waals surface area contributed by atoms with Gasteiger partial charge in [0.1, 0.15) is 17.9 Å². The lowest BCUT2D eigenvalue weighted by Gasteiger charge is -2.07. The third-order valence-corrected chi connectivity index (χ3v) is 6.47. The van der Waals surface area contributed by atoms with Crippen LogP contribution in [-0.4, -0.2) is 10.9 Å². The zero-order valence-corrected chi connectivity index (χ0v) is 20.0. The van der Waals surface area contributed by atoms with Crippen molar-refractivity contribution in [2.45, 2.75) is 20.0 Å². The minimum Gasteiger partial charge on any atom is -0.489 e. The largest absolute Gasteiger partial charge is 0.489 e. The predicted octanol–water partition coefficient (Wildman–Crippen LogP) is 7.27. The monoisotopic (exact) mass is 488 g/mol. The number of para-hydroxylation sites is 1. The zero-order chi connectivity index (χ0) is 23.5. The van der Waals surface area contributed by atoms with Crippen molar-refractivity contribution >= 4 is 44.9 Å². The van der Waals surface area contributed by atoms with Crippen LogP contribution in [0, 0.1) is 6.92 Å². The van der Waals surface area contributed by atoms with Gasteiger partial charge in [-0.25, -0.2) is 4.98 Å². The smallest absolute Gasteiger partial charge is 0.293 e. The number of amides is 1. The number of carbonyl (C=O) groups is 1. The molecule has 34 heavy (non-hydrogen) atoms. The normalized spacial score (nSPS) is 11.0. The summed E-state index contributed by atoms with van der Waals surface area (Å²) in [6.07, 6.45) is 2.56. The molecule has 3 aromatic carbocycles. The van der Waals surface area contributed by atoms with Gasteiger partial charge in [0.2, 0.25) is 0 Å². The lowest BCUT2D eigenvalue weighted by Crippen LogP contribution is -2.13. The van der Waals surface area contributed by atoms with E-state index in [4.69, 9.17) is 20.8 Å². The molecule has 0 spiro atoms. The highest BCUT2D eigenvalue weighted by Crippen LogP contribution is 2.29. The molecule has 5 nitrogen and oxygen atoms in total. The molecule has 0 radical (unpaired) electrons. The summed E-state index contributed by atoms with van der Waals surface area (Å²) in [5, 5.41) is 4.81. The number of hydrogen-bond acceptors (Lipinski definition) is 5. The summed E-state index contributed by atoms with van der Waals surface area (Å²) in [5.74, 6) is 0.459. The zero-order valence-electron chi connectivity index (χ0n) is 18.4. The van der Waals surface area contributed by atoms with Crippen molar-refractivity contribution < 1.29 is 13.9 Å². The fourth-order valence-corrected chi connectivity index (χ4v) is 4.78. The molecule has 170 valence electrons. The number of halogens is 1. The van der Waals surface area contributed by atoms with E-state index in [2.05, 4.69) is 35.4 Å². The Morgan fingerprint density at radius 1 is 1.09 bits per heavy atom. The van der Waals surface area contributed by atoms with E-state index in [-0.39, 0.29) is 18.3 Å². The molecule has 0 aliphatic rings. The topological polar surface area (TPSA) is 64.4 Å². The molecule has 7 heteroatoms. The van der Waals surface area contributed by atoms with E-state index in [9.17, 15) is 4.79 Å². The summed E-state index contributed by atoms with van der Waals surface area (Å²) in [4.78, 5) is 18.6. The van der Waals surface area contributed by atoms with E-state index in [1.54, 1.807) is 18.3 Å². The number of nitrogens with zero attached hydrogens (tertiary/aromatic N) is 1. The number of ether oxygens (including phenoxy) is 1. The maximum absolute atomic E-state index is 13.2. The highest BCUT2D eigenvalue weighted by atomic mass is 35.5. The van der Waals surface area contributed by atoms with Gasteiger partial charge in [0.25, 0.3) is 5.91 Å². The van der Waals surface area contributed by atoms with Crippen molar-refractivity contribution in [1.82, 2.24) is 4.98 Å². The van der Waals surface area contributed by atoms with Crippen LogP contribution >= 0.6 is 22.9 Å². The first-order valence-corrected chi connectivity index (χ1v) is 11.9. The Bertz CT molecular complexity index is 1470. The van der Waals surface area contributed by atoms with E-state index in [0.29, 0.717) is 27.1 Å². The third kappa shape index (κ3) is 4.98. The van der Waals surface area contributed by atoms with Crippen LogP contribution in [0.5, 0.6) is 5.75 Å². The Morgan fingerprint density at radius 3 is 2.79 bits per heavy atom. The molecule has 0 aliphatic carbocycles. The van der Waals surface area contributed by atoms with Gasteiger partial charge in [-0.1, -0.05) is 65.7 Å². The van der Waals surface area contributed by atoms with Crippen LogP contribution in [-0.2, 0) is 13.0 Å². The van der Waals surface area contributed by atoms with Crippen LogP contribution in [0.2, 0.25) is 5.02 Å². The summed E-state index contributed by atoms with van der Waals surface area (Å²) in [5.41, 5.74) is 3.72. The maximum atomic E-state index is 13.2. The first-order valence-electron chi connectivity index (χ1n) is 10.8. The number of furan rings is 1. The van der Waals surface area contributed by atoms with Gasteiger partial charge in [-0.15, -0.1) is 11.3 Å². The number of thiazole rings is 1. The van der Waals surface area contributed by atoms with Gasteiger partial charge in [-0.3, -0.25) is 10.1 Å². The molecule has 0 unspecified atom stereocenters. The van der Waals surface area contributed by atoms with Crippen molar-refractivity contribution in [3.8, 4) is 5.75 Å². The van der Waals surface area contributed by atoms with E-state index >= 15 is 0 Å². The summed E-state index contributed by atoms with van der Waals surface area (Å²) in [6.45, 7) is 2.24. The van der Waals surface area contributed by atoms with Gasteiger partial charge in [0, 0.05) is 33.5 Å². The van der Waals surface area contributed by atoms with Gasteiger partial charge >= 0.3 is 0 Å². The van der Waals surface area contributed by atoms with Gasteiger partial charge in [-0.05, 0) is 36.8 Å². The number of fused-ring (bicyclic) bond motifs is 1. The molecule has 0 fully saturated rings. The highest BCUT2D eigenvalue weighted by molar-refractivity contribution is 7.15. The molecule has 0 bridgehead atoms. The standard InChI is InChI=1S/C27H21ClN2O3S/c1-17-6-4-7-18(12-17)13-21-15-29-27(34-21)30-26(31)25-23(22-10-2-3-11-24(22)33-25)16-32-20-9-5-8-19(28)14-20/h2-12,14-15H,13,16H2,1H3,(H,29,30,31). The number of aryl methyl sites for hydroxylation is 1. The molecule has 0 aliphatic heterocycles. The molecule has 1 amide bonds. The molecule has 5 rings (SSSR count). The fraction of sp³-hybridized carbons (Fsp3) is 0.111. The van der Waals surface area contributed by atoms with Crippen LogP contribution in [0.1, 0.15) is 32.1 Å². The number of nitrogens with one attached hydrogen (secondary N) is 1. The molecular formula is C27H21ClN2O3S. The summed E-state index contributed by atoms with van der Waals surface area (Å²) < 4.78 is 11.8.